The van der Waals surface area contributed by atoms with Gasteiger partial charge >= 0.3 is 0 Å². The van der Waals surface area contributed by atoms with Gasteiger partial charge in [-0.25, -0.2) is 0 Å². The summed E-state index contributed by atoms with van der Waals surface area (Å²) in [4.78, 5) is 14.3. The van der Waals surface area contributed by atoms with Gasteiger partial charge in [0.1, 0.15) is 5.69 Å². The average molecular weight is 297 g/mol. The molecule has 2 heterocycles. The summed E-state index contributed by atoms with van der Waals surface area (Å²) >= 11 is 3.44. The number of rotatable bonds is 2. The third kappa shape index (κ3) is 2.63. The molecule has 0 aliphatic carbocycles. The molecule has 1 amide bonds. The van der Waals surface area contributed by atoms with Crippen LogP contribution in [-0.4, -0.2) is 28.5 Å². The number of aromatic nitrogens is 1. The first kappa shape index (κ1) is 12.4. The molecule has 1 aliphatic rings. The van der Waals surface area contributed by atoms with Crippen molar-refractivity contribution in [1.82, 2.24) is 9.47 Å². The fraction of sp³-hybridized carbons (Fsp3) is 0.462. The molecule has 0 aromatic carbocycles. The van der Waals surface area contributed by atoms with Gasteiger partial charge in [-0.05, 0) is 42.3 Å². The molecule has 0 saturated heterocycles. The van der Waals surface area contributed by atoms with Gasteiger partial charge in [0.25, 0.3) is 5.91 Å². The first-order valence-corrected chi connectivity index (χ1v) is 6.70. The molecule has 0 unspecified atom stereocenters. The van der Waals surface area contributed by atoms with Gasteiger partial charge in [-0.15, -0.1) is 0 Å². The van der Waals surface area contributed by atoms with Gasteiger partial charge < -0.3 is 9.47 Å². The molecule has 0 atom stereocenters. The summed E-state index contributed by atoms with van der Waals surface area (Å²) in [5, 5.41) is 0. The molecule has 4 heteroatoms. The van der Waals surface area contributed by atoms with Crippen LogP contribution in [0.1, 0.15) is 36.8 Å². The smallest absolute Gasteiger partial charge is 0.270 e. The molecule has 2 rings (SSSR count). The minimum absolute atomic E-state index is 0.119. The lowest BCUT2D eigenvalue weighted by Crippen LogP contribution is -2.35. The van der Waals surface area contributed by atoms with E-state index in [9.17, 15) is 4.79 Å². The van der Waals surface area contributed by atoms with E-state index in [1.54, 1.807) is 0 Å². The molecule has 0 fully saturated rings. The zero-order valence-electron chi connectivity index (χ0n) is 10.2. The normalized spacial score (nSPS) is 15.6. The van der Waals surface area contributed by atoms with E-state index in [0.29, 0.717) is 6.04 Å². The van der Waals surface area contributed by atoms with Gasteiger partial charge in [0.05, 0.1) is 0 Å². The van der Waals surface area contributed by atoms with Crippen LogP contribution in [0.4, 0.5) is 0 Å². The third-order valence-electron chi connectivity index (χ3n) is 2.94. The molecule has 0 N–H and O–H groups in total. The summed E-state index contributed by atoms with van der Waals surface area (Å²) in [6.07, 6.45) is 7.10. The van der Waals surface area contributed by atoms with E-state index in [-0.39, 0.29) is 5.91 Å². The number of halogens is 1. The Balaban J connectivity index is 2.26. The summed E-state index contributed by atoms with van der Waals surface area (Å²) < 4.78 is 2.98. The Kier molecular flexibility index (Phi) is 3.72. The number of hydrogen-bond acceptors (Lipinski definition) is 1. The summed E-state index contributed by atoms with van der Waals surface area (Å²) in [5.41, 5.74) is 0.766. The van der Waals surface area contributed by atoms with Gasteiger partial charge in [-0.2, -0.15) is 0 Å². The quantitative estimate of drug-likeness (QED) is 0.769. The van der Waals surface area contributed by atoms with Crippen LogP contribution < -0.4 is 0 Å². The van der Waals surface area contributed by atoms with Crippen molar-refractivity contribution in [2.45, 2.75) is 26.3 Å². The van der Waals surface area contributed by atoms with Gasteiger partial charge in [0, 0.05) is 29.8 Å². The van der Waals surface area contributed by atoms with Crippen molar-refractivity contribution in [3.8, 4) is 0 Å². The Morgan fingerprint density at radius 3 is 2.76 bits per heavy atom. The second-order valence-electron chi connectivity index (χ2n) is 4.56. The Morgan fingerprint density at radius 1 is 1.41 bits per heavy atom. The van der Waals surface area contributed by atoms with Gasteiger partial charge in [-0.3, -0.25) is 4.79 Å². The van der Waals surface area contributed by atoms with E-state index in [4.69, 9.17) is 0 Å². The lowest BCUT2D eigenvalue weighted by atomic mass is 10.2. The number of hydrogen-bond donors (Lipinski definition) is 0. The summed E-state index contributed by atoms with van der Waals surface area (Å²) in [5.74, 6) is 0.119. The van der Waals surface area contributed by atoms with Crippen molar-refractivity contribution in [1.29, 1.82) is 0 Å². The van der Waals surface area contributed by atoms with E-state index in [1.165, 1.54) is 0 Å². The van der Waals surface area contributed by atoms with Crippen molar-refractivity contribution >= 4 is 21.8 Å². The molecular formula is C13H17BrN2O. The number of amides is 1. The average Bonchev–Trinajstić information content (AvgIpc) is 2.72. The third-order valence-corrected chi connectivity index (χ3v) is 3.37. The van der Waals surface area contributed by atoms with E-state index in [1.807, 2.05) is 21.7 Å². The monoisotopic (exact) mass is 296 g/mol. The predicted octanol–water partition coefficient (Wildman–Crippen LogP) is 3.23. The van der Waals surface area contributed by atoms with Crippen LogP contribution in [0.3, 0.4) is 0 Å². The zero-order valence-corrected chi connectivity index (χ0v) is 11.8. The van der Waals surface area contributed by atoms with Crippen molar-refractivity contribution < 1.29 is 4.79 Å². The van der Waals surface area contributed by atoms with Gasteiger partial charge in [0.2, 0.25) is 0 Å². The number of carbonyl (C=O) groups excluding carboxylic acids is 1. The van der Waals surface area contributed by atoms with Gasteiger partial charge in [0.15, 0.2) is 0 Å². The van der Waals surface area contributed by atoms with Crippen molar-refractivity contribution in [2.24, 2.45) is 0 Å². The van der Waals surface area contributed by atoms with Crippen LogP contribution in [0.15, 0.2) is 28.9 Å². The second-order valence-corrected chi connectivity index (χ2v) is 5.47. The van der Waals surface area contributed by atoms with Crippen molar-refractivity contribution in [3.05, 3.63) is 34.6 Å². The van der Waals surface area contributed by atoms with E-state index >= 15 is 0 Å². The first-order valence-electron chi connectivity index (χ1n) is 5.91. The number of nitrogens with zero attached hydrogens (tertiary/aromatic N) is 2. The maximum atomic E-state index is 12.4. The highest BCUT2D eigenvalue weighted by Gasteiger charge is 2.20. The van der Waals surface area contributed by atoms with Crippen LogP contribution >= 0.6 is 15.9 Å². The summed E-state index contributed by atoms with van der Waals surface area (Å²) in [6, 6.07) is 2.20. The van der Waals surface area contributed by atoms with Crippen LogP contribution in [0, 0.1) is 0 Å². The topological polar surface area (TPSA) is 25.2 Å². The highest BCUT2D eigenvalue weighted by atomic mass is 79.9. The molecule has 0 saturated carbocycles. The Morgan fingerprint density at radius 2 is 2.18 bits per heavy atom. The Labute approximate surface area is 110 Å². The molecule has 1 aliphatic heterocycles. The van der Waals surface area contributed by atoms with E-state index in [2.05, 4.69) is 41.9 Å². The molecule has 0 spiro atoms. The molecule has 1 aromatic heterocycles. The van der Waals surface area contributed by atoms with Crippen LogP contribution in [0.2, 0.25) is 0 Å². The second kappa shape index (κ2) is 5.08. The highest BCUT2D eigenvalue weighted by molar-refractivity contribution is 9.10. The zero-order chi connectivity index (χ0) is 12.4. The molecule has 0 radical (unpaired) electrons. The summed E-state index contributed by atoms with van der Waals surface area (Å²) in [7, 11) is 0. The maximum Gasteiger partial charge on any atom is 0.270 e. The Bertz CT molecular complexity index is 448. The minimum Gasteiger partial charge on any atom is -0.340 e. The molecule has 3 nitrogen and oxygen atoms in total. The lowest BCUT2D eigenvalue weighted by molar-refractivity contribution is 0.0758. The predicted molar refractivity (Wildman–Crippen MR) is 72.2 cm³/mol. The minimum atomic E-state index is 0.119. The van der Waals surface area contributed by atoms with Crippen LogP contribution in [0.5, 0.6) is 0 Å². The van der Waals surface area contributed by atoms with Gasteiger partial charge in [-0.1, -0.05) is 12.2 Å². The summed E-state index contributed by atoms with van der Waals surface area (Å²) in [6.45, 7) is 5.70. The molecular weight excluding hydrogens is 280 g/mol. The van der Waals surface area contributed by atoms with Crippen LogP contribution in [-0.2, 0) is 0 Å². The molecule has 0 bridgehead atoms. The molecule has 17 heavy (non-hydrogen) atoms. The maximum absolute atomic E-state index is 12.4. The lowest BCUT2D eigenvalue weighted by Gasteiger charge is -2.24. The number of carbonyl (C=O) groups is 1. The molecule has 1 aromatic rings. The fourth-order valence-electron chi connectivity index (χ4n) is 2.03. The van der Waals surface area contributed by atoms with Crippen LogP contribution in [0.25, 0.3) is 0 Å². The first-order chi connectivity index (χ1) is 8.09. The standard InChI is InChI=1S/C13H17BrN2O/c1-10(2)16-9-11(14)8-12(16)13(17)15-6-4-3-5-7-15/h3-4,8-10H,5-7H2,1-2H3. The highest BCUT2D eigenvalue weighted by Crippen LogP contribution is 2.21. The SMILES string of the molecule is CC(C)n1cc(Br)cc1C(=O)N1CC=CCC1. The van der Waals surface area contributed by atoms with Crippen molar-refractivity contribution in [2.75, 3.05) is 13.1 Å². The Hall–Kier alpha value is -1.03. The van der Waals surface area contributed by atoms with E-state index < -0.39 is 0 Å². The largest absolute Gasteiger partial charge is 0.340 e. The molecule has 92 valence electrons. The van der Waals surface area contributed by atoms with Crippen molar-refractivity contribution in [3.63, 3.8) is 0 Å². The van der Waals surface area contributed by atoms with E-state index in [0.717, 1.165) is 29.7 Å². The fourth-order valence-corrected chi connectivity index (χ4v) is 2.47.